The Kier molecular flexibility index (Phi) is 7.52. The number of fused-ring (bicyclic) bond motifs is 11. The first-order valence-electron chi connectivity index (χ1n) is 19.0. The first kappa shape index (κ1) is 32.2. The zero-order valence-corrected chi connectivity index (χ0v) is 31.0. The van der Waals surface area contributed by atoms with Crippen LogP contribution in [0.1, 0.15) is 50.7 Å². The number of furan rings is 1. The van der Waals surface area contributed by atoms with Gasteiger partial charge in [-0.1, -0.05) is 155 Å². The van der Waals surface area contributed by atoms with Gasteiger partial charge in [0, 0.05) is 16.5 Å². The highest BCUT2D eigenvalue weighted by Crippen LogP contribution is 2.52. The summed E-state index contributed by atoms with van der Waals surface area (Å²) in [5.41, 5.74) is 18.3. The van der Waals surface area contributed by atoms with E-state index >= 15 is 0 Å². The molecule has 0 aliphatic heterocycles. The Morgan fingerprint density at radius 1 is 0.481 bits per heavy atom. The topological polar surface area (TPSA) is 31.0 Å². The summed E-state index contributed by atoms with van der Waals surface area (Å²) in [5.74, 6) is 2.30. The Morgan fingerprint density at radius 2 is 1.00 bits per heavy atom. The van der Waals surface area contributed by atoms with Gasteiger partial charge in [0.25, 0.3) is 0 Å². The molecule has 0 radical (unpaired) electrons. The quantitative estimate of drug-likeness (QED) is 0.179. The van der Waals surface area contributed by atoms with Gasteiger partial charge in [-0.25, -0.2) is 4.98 Å². The lowest BCUT2D eigenvalue weighted by molar-refractivity contribution is 0.633. The van der Waals surface area contributed by atoms with Crippen molar-refractivity contribution >= 4 is 22.0 Å². The van der Waals surface area contributed by atoms with Crippen molar-refractivity contribution < 1.29 is 4.42 Å². The van der Waals surface area contributed by atoms with Crippen LogP contribution in [0.25, 0.3) is 94.9 Å². The molecule has 2 heterocycles. The monoisotopic (exact) mass is 696 g/mol. The fourth-order valence-electron chi connectivity index (χ4n) is 8.61. The summed E-state index contributed by atoms with van der Waals surface area (Å²) in [7, 11) is 0. The highest BCUT2D eigenvalue weighted by atomic mass is 16.3. The number of nitrogens with zero attached hydrogens (tertiary/aromatic N) is 2. The van der Waals surface area contributed by atoms with E-state index < -0.39 is 0 Å². The van der Waals surface area contributed by atoms with Crippen molar-refractivity contribution in [3.05, 3.63) is 169 Å². The lowest BCUT2D eigenvalue weighted by Gasteiger charge is -2.24. The van der Waals surface area contributed by atoms with Gasteiger partial charge >= 0.3 is 0 Å². The molecule has 0 spiro atoms. The van der Waals surface area contributed by atoms with Crippen LogP contribution in [0.5, 0.6) is 0 Å². The van der Waals surface area contributed by atoms with E-state index in [2.05, 4.69) is 190 Å². The van der Waals surface area contributed by atoms with Crippen LogP contribution >= 0.6 is 0 Å². The minimum atomic E-state index is 0.268. The maximum Gasteiger partial charge on any atom is 0.149 e. The third-order valence-corrected chi connectivity index (χ3v) is 11.1. The van der Waals surface area contributed by atoms with Gasteiger partial charge in [-0.15, -0.1) is 0 Å². The number of hydrogen-bond acceptors (Lipinski definition) is 2. The zero-order valence-electron chi connectivity index (χ0n) is 31.0. The minimum absolute atomic E-state index is 0.268. The van der Waals surface area contributed by atoms with E-state index in [0.29, 0.717) is 0 Å². The Hall–Kier alpha value is -6.45. The lowest BCUT2D eigenvalue weighted by atomic mass is 9.83. The Labute approximate surface area is 316 Å². The van der Waals surface area contributed by atoms with Crippen molar-refractivity contribution in [3.8, 4) is 72.9 Å². The number of rotatable bonds is 5. The molecule has 1 aliphatic carbocycles. The van der Waals surface area contributed by atoms with Crippen LogP contribution in [0.4, 0.5) is 0 Å². The van der Waals surface area contributed by atoms with Crippen LogP contribution in [0.3, 0.4) is 0 Å². The van der Waals surface area contributed by atoms with Gasteiger partial charge in [0.15, 0.2) is 0 Å². The number of para-hydroxylation sites is 3. The van der Waals surface area contributed by atoms with Crippen LogP contribution in [-0.4, -0.2) is 9.55 Å². The number of aromatic nitrogens is 2. The van der Waals surface area contributed by atoms with E-state index in [1.165, 1.54) is 55.8 Å². The van der Waals surface area contributed by atoms with E-state index in [1.54, 1.807) is 0 Å². The molecule has 7 aromatic carbocycles. The van der Waals surface area contributed by atoms with Crippen molar-refractivity contribution in [1.82, 2.24) is 9.55 Å². The van der Waals surface area contributed by atoms with Gasteiger partial charge in [-0.3, -0.25) is 4.57 Å². The molecule has 0 atom stereocenters. The van der Waals surface area contributed by atoms with E-state index in [4.69, 9.17) is 9.40 Å². The third kappa shape index (κ3) is 4.92. The van der Waals surface area contributed by atoms with Crippen LogP contribution in [0, 0.1) is 0 Å². The smallest absolute Gasteiger partial charge is 0.149 e. The summed E-state index contributed by atoms with van der Waals surface area (Å²) < 4.78 is 9.69. The summed E-state index contributed by atoms with van der Waals surface area (Å²) in [6.07, 6.45) is 0. The van der Waals surface area contributed by atoms with Gasteiger partial charge in [0.1, 0.15) is 17.2 Å². The van der Waals surface area contributed by atoms with E-state index in [1.807, 2.05) is 0 Å². The maximum atomic E-state index is 7.28. The van der Waals surface area contributed by atoms with Gasteiger partial charge in [0.2, 0.25) is 0 Å². The molecular weight excluding hydrogens is 657 g/mol. The molecule has 0 fully saturated rings. The molecule has 0 saturated carbocycles. The molecule has 0 amide bonds. The van der Waals surface area contributed by atoms with Crippen molar-refractivity contribution in [3.63, 3.8) is 0 Å². The fraction of sp³-hybridized carbons (Fsp3) is 0.118. The van der Waals surface area contributed by atoms with E-state index in [-0.39, 0.29) is 11.8 Å². The molecule has 260 valence electrons. The molecule has 3 heteroatoms. The normalized spacial score (nSPS) is 12.0. The minimum Gasteiger partial charge on any atom is -0.455 e. The largest absolute Gasteiger partial charge is 0.455 e. The molecule has 0 saturated heterocycles. The van der Waals surface area contributed by atoms with Gasteiger partial charge in [-0.2, -0.15) is 0 Å². The van der Waals surface area contributed by atoms with Gasteiger partial charge in [-0.05, 0) is 92.2 Å². The van der Waals surface area contributed by atoms with Crippen molar-refractivity contribution in [1.29, 1.82) is 0 Å². The predicted octanol–water partition coefficient (Wildman–Crippen LogP) is 14.3. The van der Waals surface area contributed by atoms with Crippen molar-refractivity contribution in [2.75, 3.05) is 0 Å². The Balaban J connectivity index is 1.30. The summed E-state index contributed by atoms with van der Waals surface area (Å²) in [5, 5.41) is 1.08. The zero-order chi connectivity index (χ0) is 36.5. The SMILES string of the molecule is CC(C)c1cc(-c2ccccc2)cc(C(C)C)c1-n1c(-c2cccc3c4c(oc23)-c2ccccc2-c2ccccc2-c2ccccc2-4)nc2ccccc21. The van der Waals surface area contributed by atoms with Crippen LogP contribution in [0.2, 0.25) is 0 Å². The van der Waals surface area contributed by atoms with Crippen LogP contribution in [-0.2, 0) is 0 Å². The van der Waals surface area contributed by atoms with E-state index in [9.17, 15) is 0 Å². The second-order valence-electron chi connectivity index (χ2n) is 15.1. The van der Waals surface area contributed by atoms with Gasteiger partial charge < -0.3 is 4.42 Å². The molecule has 54 heavy (non-hydrogen) atoms. The van der Waals surface area contributed by atoms with Gasteiger partial charge in [0.05, 0.1) is 22.3 Å². The third-order valence-electron chi connectivity index (χ3n) is 11.1. The first-order valence-corrected chi connectivity index (χ1v) is 19.0. The molecule has 0 N–H and O–H groups in total. The molecular formula is C51H40N2O. The van der Waals surface area contributed by atoms with Crippen molar-refractivity contribution in [2.45, 2.75) is 39.5 Å². The molecule has 3 nitrogen and oxygen atoms in total. The maximum absolute atomic E-state index is 7.28. The Bertz CT molecular complexity index is 2860. The Morgan fingerprint density at radius 3 is 1.65 bits per heavy atom. The van der Waals surface area contributed by atoms with Crippen LogP contribution < -0.4 is 0 Å². The number of imidazole rings is 1. The molecule has 9 aromatic rings. The summed E-state index contributed by atoms with van der Waals surface area (Å²) in [6, 6.07) is 56.8. The molecule has 0 unspecified atom stereocenters. The second kappa shape index (κ2) is 12.6. The highest BCUT2D eigenvalue weighted by Gasteiger charge is 2.30. The average molecular weight is 697 g/mol. The molecule has 0 bridgehead atoms. The van der Waals surface area contributed by atoms with E-state index in [0.717, 1.165) is 50.3 Å². The lowest BCUT2D eigenvalue weighted by Crippen LogP contribution is -2.09. The predicted molar refractivity (Wildman–Crippen MR) is 225 cm³/mol. The molecule has 1 aliphatic rings. The summed E-state index contributed by atoms with van der Waals surface area (Å²) >= 11 is 0. The molecule has 2 aromatic heterocycles. The number of benzene rings is 7. The second-order valence-corrected chi connectivity index (χ2v) is 15.1. The van der Waals surface area contributed by atoms with Crippen molar-refractivity contribution in [2.24, 2.45) is 0 Å². The van der Waals surface area contributed by atoms with Crippen LogP contribution in [0.15, 0.2) is 162 Å². The average Bonchev–Trinajstić information content (AvgIpc) is 3.79. The fourth-order valence-corrected chi connectivity index (χ4v) is 8.61. The standard InChI is InChI=1S/C51H40N2O/c1-31(2)43-29-34(33-17-6-5-7-18-33)30-44(32(3)4)48(43)53-46-28-15-14-27-45(46)52-51(53)42-26-16-25-41-47-39-23-12-10-21-37(39)35-19-8-9-20-36(35)38-22-11-13-24-40(38)50(47)54-49(41)42/h5-32H,1-4H3. The highest BCUT2D eigenvalue weighted by molar-refractivity contribution is 6.12. The first-order chi connectivity index (χ1) is 26.5. The number of hydrogen-bond donors (Lipinski definition) is 0. The summed E-state index contributed by atoms with van der Waals surface area (Å²) in [6.45, 7) is 9.21. The summed E-state index contributed by atoms with van der Waals surface area (Å²) in [4.78, 5) is 5.46. The molecule has 10 rings (SSSR count).